The Morgan fingerprint density at radius 2 is 1.92 bits per heavy atom. The molecule has 2 rings (SSSR count). The molecule has 1 aromatic carbocycles. The van der Waals surface area contributed by atoms with Crippen molar-refractivity contribution in [1.29, 1.82) is 0 Å². The second kappa shape index (κ2) is 9.13. The molecule has 0 aromatic heterocycles. The van der Waals surface area contributed by atoms with Crippen LogP contribution in [0, 0.1) is 5.92 Å². The maximum absolute atomic E-state index is 11.8. The minimum atomic E-state index is 0.00504. The molecule has 1 saturated carbocycles. The number of benzene rings is 1. The fourth-order valence-corrected chi connectivity index (χ4v) is 3.44. The number of nitrogens with one attached hydrogen (secondary N) is 2. The van der Waals surface area contributed by atoms with Gasteiger partial charge in [0.25, 0.3) is 0 Å². The van der Waals surface area contributed by atoms with E-state index < -0.39 is 0 Å². The summed E-state index contributed by atoms with van der Waals surface area (Å²) in [5.74, 6) is 1.25. The van der Waals surface area contributed by atoms with Gasteiger partial charge in [-0.2, -0.15) is 0 Å². The van der Waals surface area contributed by atoms with E-state index in [1.54, 1.807) is 19.0 Å². The second-order valence-corrected chi connectivity index (χ2v) is 8.72. The van der Waals surface area contributed by atoms with Gasteiger partial charge in [-0.1, -0.05) is 32.0 Å². The predicted molar refractivity (Wildman–Crippen MR) is 106 cm³/mol. The van der Waals surface area contributed by atoms with E-state index in [0.717, 1.165) is 19.0 Å². The summed E-state index contributed by atoms with van der Waals surface area (Å²) < 4.78 is 0.243. The van der Waals surface area contributed by atoms with Crippen molar-refractivity contribution in [2.45, 2.75) is 36.3 Å². The van der Waals surface area contributed by atoms with Gasteiger partial charge in [-0.15, -0.1) is 11.8 Å². The highest BCUT2D eigenvalue weighted by molar-refractivity contribution is 8.01. The van der Waals surface area contributed by atoms with Crippen LogP contribution in [-0.2, 0) is 4.79 Å². The van der Waals surface area contributed by atoms with Gasteiger partial charge in [0.05, 0.1) is 0 Å². The molecule has 25 heavy (non-hydrogen) atoms. The van der Waals surface area contributed by atoms with Crippen LogP contribution in [0.4, 0.5) is 0 Å². The van der Waals surface area contributed by atoms with E-state index in [0.29, 0.717) is 5.92 Å². The maximum atomic E-state index is 11.8. The van der Waals surface area contributed by atoms with Gasteiger partial charge < -0.3 is 15.5 Å². The summed E-state index contributed by atoms with van der Waals surface area (Å²) in [5.41, 5.74) is 0. The molecule has 0 aliphatic heterocycles. The molecule has 0 heterocycles. The number of carbonyl (C=O) groups is 1. The van der Waals surface area contributed by atoms with E-state index in [9.17, 15) is 4.79 Å². The molecular weight excluding hydrogens is 332 g/mol. The van der Waals surface area contributed by atoms with Crippen LogP contribution in [0.15, 0.2) is 40.2 Å². The average Bonchev–Trinajstić information content (AvgIpc) is 3.34. The van der Waals surface area contributed by atoms with Crippen LogP contribution < -0.4 is 10.6 Å². The summed E-state index contributed by atoms with van der Waals surface area (Å²) in [6.07, 6.45) is 2.40. The van der Waals surface area contributed by atoms with Gasteiger partial charge >= 0.3 is 0 Å². The van der Waals surface area contributed by atoms with Crippen LogP contribution >= 0.6 is 11.8 Å². The molecule has 0 spiro atoms. The molecule has 1 amide bonds. The van der Waals surface area contributed by atoms with E-state index >= 15 is 0 Å². The van der Waals surface area contributed by atoms with Gasteiger partial charge in [-0.25, -0.2) is 4.99 Å². The number of amides is 1. The molecule has 1 fully saturated rings. The number of nitrogens with zero attached hydrogens (tertiary/aromatic N) is 2. The predicted octanol–water partition coefficient (Wildman–Crippen LogP) is 2.59. The molecule has 1 aliphatic carbocycles. The largest absolute Gasteiger partial charge is 0.356 e. The lowest BCUT2D eigenvalue weighted by molar-refractivity contribution is -0.127. The highest BCUT2D eigenvalue weighted by atomic mass is 32.2. The number of thioether (sulfide) groups is 1. The molecule has 138 valence electrons. The van der Waals surface area contributed by atoms with E-state index in [4.69, 9.17) is 0 Å². The monoisotopic (exact) mass is 362 g/mol. The smallest absolute Gasteiger partial charge is 0.243 e. The van der Waals surface area contributed by atoms with Crippen molar-refractivity contribution in [2.24, 2.45) is 10.9 Å². The van der Waals surface area contributed by atoms with Crippen LogP contribution in [-0.4, -0.2) is 55.2 Å². The molecular formula is C19H30N4OS. The SMILES string of the molecule is CC(C)CNC(=NCC(=O)N(C)C)NCC1(Sc2ccccc2)CC1. The van der Waals surface area contributed by atoms with Crippen molar-refractivity contribution in [2.75, 3.05) is 33.7 Å². The minimum absolute atomic E-state index is 0.00504. The molecule has 0 unspecified atom stereocenters. The summed E-state index contributed by atoms with van der Waals surface area (Å²) in [7, 11) is 3.50. The molecule has 2 N–H and O–H groups in total. The Kier molecular flexibility index (Phi) is 7.17. The maximum Gasteiger partial charge on any atom is 0.243 e. The number of hydrogen-bond acceptors (Lipinski definition) is 3. The first-order valence-corrected chi connectivity index (χ1v) is 9.68. The standard InChI is InChI=1S/C19H30N4OS/c1-15(2)12-20-18(21-13-17(24)23(3)4)22-14-19(10-11-19)25-16-8-6-5-7-9-16/h5-9,15H,10-14H2,1-4H3,(H2,20,21,22). The van der Waals surface area contributed by atoms with E-state index in [2.05, 4.69) is 53.7 Å². The molecule has 0 atom stereocenters. The zero-order valence-electron chi connectivity index (χ0n) is 15.7. The Balaban J connectivity index is 1.91. The third kappa shape index (κ3) is 6.98. The van der Waals surface area contributed by atoms with Gasteiger partial charge in [-0.05, 0) is 30.9 Å². The first kappa shape index (κ1) is 19.6. The fourth-order valence-electron chi connectivity index (χ4n) is 2.20. The number of rotatable bonds is 8. The Morgan fingerprint density at radius 1 is 1.24 bits per heavy atom. The quantitative estimate of drug-likeness (QED) is 0.551. The van der Waals surface area contributed by atoms with Crippen LogP contribution in [0.3, 0.4) is 0 Å². The van der Waals surface area contributed by atoms with Crippen LogP contribution in [0.2, 0.25) is 0 Å². The van der Waals surface area contributed by atoms with Crippen molar-refractivity contribution in [3.63, 3.8) is 0 Å². The molecule has 0 saturated heterocycles. The van der Waals surface area contributed by atoms with Gasteiger partial charge in [-0.3, -0.25) is 4.79 Å². The summed E-state index contributed by atoms with van der Waals surface area (Å²) in [6, 6.07) is 10.5. The van der Waals surface area contributed by atoms with E-state index in [1.165, 1.54) is 17.7 Å². The third-order valence-electron chi connectivity index (χ3n) is 4.01. The van der Waals surface area contributed by atoms with E-state index in [-0.39, 0.29) is 17.2 Å². The number of hydrogen-bond donors (Lipinski definition) is 2. The Labute approximate surface area is 155 Å². The number of guanidine groups is 1. The van der Waals surface area contributed by atoms with Crippen LogP contribution in [0.1, 0.15) is 26.7 Å². The van der Waals surface area contributed by atoms with Crippen LogP contribution in [0.5, 0.6) is 0 Å². The summed E-state index contributed by atoms with van der Waals surface area (Å²) in [6.45, 7) is 6.17. The fraction of sp³-hybridized carbons (Fsp3) is 0.579. The number of aliphatic imine (C=N–C) groups is 1. The highest BCUT2D eigenvalue weighted by Gasteiger charge is 2.43. The Hall–Kier alpha value is -1.69. The number of likely N-dealkylation sites (N-methyl/N-ethyl adjacent to an activating group) is 1. The highest BCUT2D eigenvalue weighted by Crippen LogP contribution is 2.51. The van der Waals surface area contributed by atoms with Crippen molar-refractivity contribution >= 4 is 23.6 Å². The Morgan fingerprint density at radius 3 is 2.48 bits per heavy atom. The topological polar surface area (TPSA) is 56.7 Å². The first-order valence-electron chi connectivity index (χ1n) is 8.87. The van der Waals surface area contributed by atoms with Gasteiger partial charge in [0.1, 0.15) is 6.54 Å². The van der Waals surface area contributed by atoms with Crippen molar-refractivity contribution < 1.29 is 4.79 Å². The normalized spacial score (nSPS) is 15.8. The van der Waals surface area contributed by atoms with Gasteiger partial charge in [0, 0.05) is 36.8 Å². The first-order chi connectivity index (χ1) is 11.9. The van der Waals surface area contributed by atoms with Crippen molar-refractivity contribution in [1.82, 2.24) is 15.5 Å². The molecule has 6 heteroatoms. The van der Waals surface area contributed by atoms with E-state index in [1.807, 2.05) is 17.8 Å². The zero-order valence-corrected chi connectivity index (χ0v) is 16.5. The minimum Gasteiger partial charge on any atom is -0.356 e. The third-order valence-corrected chi connectivity index (χ3v) is 5.51. The summed E-state index contributed by atoms with van der Waals surface area (Å²) in [5, 5.41) is 6.78. The molecule has 1 aliphatic rings. The average molecular weight is 363 g/mol. The van der Waals surface area contributed by atoms with Crippen LogP contribution in [0.25, 0.3) is 0 Å². The lowest BCUT2D eigenvalue weighted by atomic mass is 10.2. The second-order valence-electron chi connectivity index (χ2n) is 7.18. The van der Waals surface area contributed by atoms with Crippen molar-refractivity contribution in [3.05, 3.63) is 30.3 Å². The Bertz CT molecular complexity index is 582. The lowest BCUT2D eigenvalue weighted by Crippen LogP contribution is -2.43. The molecule has 5 nitrogen and oxygen atoms in total. The lowest BCUT2D eigenvalue weighted by Gasteiger charge is -2.19. The molecule has 0 bridgehead atoms. The molecule has 1 aromatic rings. The summed E-state index contributed by atoms with van der Waals surface area (Å²) in [4.78, 5) is 19.1. The molecule has 0 radical (unpaired) electrons. The number of carbonyl (C=O) groups excluding carboxylic acids is 1. The van der Waals surface area contributed by atoms with Gasteiger partial charge in [0.2, 0.25) is 5.91 Å². The van der Waals surface area contributed by atoms with Crippen molar-refractivity contribution in [3.8, 4) is 0 Å². The van der Waals surface area contributed by atoms with Gasteiger partial charge in [0.15, 0.2) is 5.96 Å². The summed E-state index contributed by atoms with van der Waals surface area (Å²) >= 11 is 1.93. The zero-order chi connectivity index (χ0) is 18.3.